The molecule has 3 aliphatic rings. The number of amides is 1. The molecule has 4 nitrogen and oxygen atoms in total. The lowest BCUT2D eigenvalue weighted by molar-refractivity contribution is -0.143. The average molecular weight is 341 g/mol. The molecule has 1 atom stereocenters. The van der Waals surface area contributed by atoms with Gasteiger partial charge in [-0.25, -0.2) is 0 Å². The van der Waals surface area contributed by atoms with Gasteiger partial charge in [0.1, 0.15) is 0 Å². The summed E-state index contributed by atoms with van der Waals surface area (Å²) in [7, 11) is 2.20. The maximum atomic E-state index is 13.7. The van der Waals surface area contributed by atoms with Crippen LogP contribution in [-0.4, -0.2) is 73.0 Å². The third-order valence-electron chi connectivity index (χ3n) is 6.63. The Morgan fingerprint density at radius 3 is 2.44 bits per heavy atom. The van der Waals surface area contributed by atoms with E-state index in [0.29, 0.717) is 11.9 Å². The standard InChI is InChI=1S/C21H31N3O/c1-22-12-13-23-14-15-24(17-19(23)16-22)20(25)21(10-6-3-7-11-21)18-8-4-2-5-9-18/h2,4-5,8-9,19H,3,6-7,10-17H2,1H3/t19-/m0/s1. The van der Waals surface area contributed by atoms with Crippen molar-refractivity contribution >= 4 is 5.91 Å². The zero-order valence-corrected chi connectivity index (χ0v) is 15.5. The van der Waals surface area contributed by atoms with Crippen molar-refractivity contribution in [3.63, 3.8) is 0 Å². The van der Waals surface area contributed by atoms with Crippen molar-refractivity contribution in [1.82, 2.24) is 14.7 Å². The number of benzene rings is 1. The van der Waals surface area contributed by atoms with Gasteiger partial charge in [0.2, 0.25) is 5.91 Å². The number of hydrogen-bond acceptors (Lipinski definition) is 3. The molecule has 0 spiro atoms. The fraction of sp³-hybridized carbons (Fsp3) is 0.667. The van der Waals surface area contributed by atoms with Crippen molar-refractivity contribution in [1.29, 1.82) is 0 Å². The van der Waals surface area contributed by atoms with Crippen molar-refractivity contribution in [3.8, 4) is 0 Å². The topological polar surface area (TPSA) is 26.8 Å². The van der Waals surface area contributed by atoms with Crippen LogP contribution in [0.1, 0.15) is 37.7 Å². The fourth-order valence-corrected chi connectivity index (χ4v) is 5.14. The monoisotopic (exact) mass is 341 g/mol. The molecule has 4 rings (SSSR count). The Hall–Kier alpha value is -1.39. The zero-order valence-electron chi connectivity index (χ0n) is 15.5. The quantitative estimate of drug-likeness (QED) is 0.826. The molecule has 1 amide bonds. The van der Waals surface area contributed by atoms with Gasteiger partial charge in [-0.15, -0.1) is 0 Å². The zero-order chi connectivity index (χ0) is 17.3. The smallest absolute Gasteiger partial charge is 0.233 e. The molecule has 2 heterocycles. The number of carbonyl (C=O) groups excluding carboxylic acids is 1. The molecule has 0 N–H and O–H groups in total. The summed E-state index contributed by atoms with van der Waals surface area (Å²) in [5.74, 6) is 0.395. The largest absolute Gasteiger partial charge is 0.339 e. The van der Waals surface area contributed by atoms with Crippen LogP contribution in [0.3, 0.4) is 0 Å². The second kappa shape index (κ2) is 7.08. The molecule has 3 fully saturated rings. The Morgan fingerprint density at radius 1 is 0.960 bits per heavy atom. The summed E-state index contributed by atoms with van der Waals surface area (Å²) < 4.78 is 0. The van der Waals surface area contributed by atoms with Crippen LogP contribution in [-0.2, 0) is 10.2 Å². The van der Waals surface area contributed by atoms with Crippen LogP contribution in [0.25, 0.3) is 0 Å². The number of nitrogens with zero attached hydrogens (tertiary/aromatic N) is 3. The van der Waals surface area contributed by atoms with Crippen LogP contribution in [0.5, 0.6) is 0 Å². The molecule has 4 heteroatoms. The number of rotatable bonds is 2. The summed E-state index contributed by atoms with van der Waals surface area (Å²) in [5.41, 5.74) is 0.963. The predicted molar refractivity (Wildman–Crippen MR) is 101 cm³/mol. The molecule has 0 aromatic heterocycles. The second-order valence-corrected chi connectivity index (χ2v) is 8.21. The number of likely N-dealkylation sites (N-methyl/N-ethyl adjacent to an activating group) is 1. The maximum Gasteiger partial charge on any atom is 0.233 e. The molecule has 0 radical (unpaired) electrons. The van der Waals surface area contributed by atoms with E-state index in [4.69, 9.17) is 0 Å². The van der Waals surface area contributed by atoms with E-state index in [9.17, 15) is 4.79 Å². The van der Waals surface area contributed by atoms with Crippen LogP contribution in [0.2, 0.25) is 0 Å². The molecular formula is C21H31N3O. The Labute approximate surface area is 151 Å². The molecule has 136 valence electrons. The van der Waals surface area contributed by atoms with Gasteiger partial charge in [0.25, 0.3) is 0 Å². The molecule has 1 aromatic rings. The van der Waals surface area contributed by atoms with Gasteiger partial charge < -0.3 is 9.80 Å². The van der Waals surface area contributed by atoms with Gasteiger partial charge in [-0.3, -0.25) is 9.69 Å². The molecular weight excluding hydrogens is 310 g/mol. The van der Waals surface area contributed by atoms with E-state index in [1.807, 2.05) is 0 Å². The number of hydrogen-bond donors (Lipinski definition) is 0. The highest BCUT2D eigenvalue weighted by Crippen LogP contribution is 2.41. The van der Waals surface area contributed by atoms with E-state index < -0.39 is 0 Å². The molecule has 2 saturated heterocycles. The Balaban J connectivity index is 1.57. The minimum Gasteiger partial charge on any atom is -0.339 e. The van der Waals surface area contributed by atoms with Crippen LogP contribution in [0.15, 0.2) is 30.3 Å². The van der Waals surface area contributed by atoms with Gasteiger partial charge >= 0.3 is 0 Å². The first kappa shape index (κ1) is 17.0. The van der Waals surface area contributed by atoms with Crippen molar-refractivity contribution in [2.75, 3.05) is 46.3 Å². The van der Waals surface area contributed by atoms with Crippen LogP contribution < -0.4 is 0 Å². The molecule has 1 aliphatic carbocycles. The molecule has 0 unspecified atom stereocenters. The van der Waals surface area contributed by atoms with Gasteiger partial charge in [0.15, 0.2) is 0 Å². The third kappa shape index (κ3) is 3.22. The van der Waals surface area contributed by atoms with Gasteiger partial charge in [-0.2, -0.15) is 0 Å². The van der Waals surface area contributed by atoms with E-state index in [0.717, 1.165) is 52.1 Å². The average Bonchev–Trinajstić information content (AvgIpc) is 2.68. The predicted octanol–water partition coefficient (Wildman–Crippen LogP) is 2.35. The first-order chi connectivity index (χ1) is 12.2. The summed E-state index contributed by atoms with van der Waals surface area (Å²) in [6.45, 7) is 6.22. The van der Waals surface area contributed by atoms with Crippen LogP contribution in [0.4, 0.5) is 0 Å². The van der Waals surface area contributed by atoms with Crippen molar-refractivity contribution < 1.29 is 4.79 Å². The van der Waals surface area contributed by atoms with Crippen molar-refractivity contribution in [3.05, 3.63) is 35.9 Å². The second-order valence-electron chi connectivity index (χ2n) is 8.21. The summed E-state index contributed by atoms with van der Waals surface area (Å²) >= 11 is 0. The highest BCUT2D eigenvalue weighted by Gasteiger charge is 2.45. The highest BCUT2D eigenvalue weighted by molar-refractivity contribution is 5.88. The Kier molecular flexibility index (Phi) is 4.83. The first-order valence-electron chi connectivity index (χ1n) is 9.96. The van der Waals surface area contributed by atoms with E-state index in [-0.39, 0.29) is 5.41 Å². The minimum atomic E-state index is -0.276. The number of carbonyl (C=O) groups is 1. The summed E-state index contributed by atoms with van der Waals surface area (Å²) in [6.07, 6.45) is 5.64. The van der Waals surface area contributed by atoms with Crippen molar-refractivity contribution in [2.24, 2.45) is 0 Å². The van der Waals surface area contributed by atoms with Gasteiger partial charge in [0, 0.05) is 45.3 Å². The van der Waals surface area contributed by atoms with Gasteiger partial charge in [-0.1, -0.05) is 49.6 Å². The lowest BCUT2D eigenvalue weighted by Gasteiger charge is -2.49. The van der Waals surface area contributed by atoms with E-state index in [1.165, 1.54) is 24.8 Å². The Morgan fingerprint density at radius 2 is 1.68 bits per heavy atom. The molecule has 1 saturated carbocycles. The minimum absolute atomic E-state index is 0.276. The first-order valence-corrected chi connectivity index (χ1v) is 9.96. The molecule has 0 bridgehead atoms. The normalized spacial score (nSPS) is 27.7. The van der Waals surface area contributed by atoms with E-state index in [2.05, 4.69) is 52.1 Å². The van der Waals surface area contributed by atoms with Crippen LogP contribution >= 0.6 is 0 Å². The summed E-state index contributed by atoms with van der Waals surface area (Å²) in [4.78, 5) is 20.9. The Bertz CT molecular complexity index is 596. The lowest BCUT2D eigenvalue weighted by atomic mass is 9.68. The summed E-state index contributed by atoms with van der Waals surface area (Å²) in [6, 6.07) is 11.1. The third-order valence-corrected chi connectivity index (χ3v) is 6.63. The lowest BCUT2D eigenvalue weighted by Crippen LogP contribution is -2.64. The number of fused-ring (bicyclic) bond motifs is 1. The fourth-order valence-electron chi connectivity index (χ4n) is 5.14. The number of piperazine rings is 2. The molecule has 1 aromatic carbocycles. The van der Waals surface area contributed by atoms with E-state index in [1.54, 1.807) is 0 Å². The maximum absolute atomic E-state index is 13.7. The van der Waals surface area contributed by atoms with Gasteiger partial charge in [-0.05, 0) is 25.5 Å². The SMILES string of the molecule is CN1CCN2CCN(C(=O)C3(c4ccccc4)CCCCC3)C[C@@H]2C1. The van der Waals surface area contributed by atoms with Crippen molar-refractivity contribution in [2.45, 2.75) is 43.6 Å². The highest BCUT2D eigenvalue weighted by atomic mass is 16.2. The molecule has 25 heavy (non-hydrogen) atoms. The molecule has 2 aliphatic heterocycles. The van der Waals surface area contributed by atoms with Crippen LogP contribution in [0, 0.1) is 0 Å². The van der Waals surface area contributed by atoms with Gasteiger partial charge in [0.05, 0.1) is 5.41 Å². The van der Waals surface area contributed by atoms with E-state index >= 15 is 0 Å². The summed E-state index contributed by atoms with van der Waals surface area (Å²) in [5, 5.41) is 0.